The molecule has 0 saturated carbocycles. The summed E-state index contributed by atoms with van der Waals surface area (Å²) in [5.41, 5.74) is 4.88. The van der Waals surface area contributed by atoms with Gasteiger partial charge in [-0.3, -0.25) is 0 Å². The molecule has 2 heteroatoms. The Morgan fingerprint density at radius 1 is 0.720 bits per heavy atom. The van der Waals surface area contributed by atoms with Gasteiger partial charge in [0.05, 0.1) is 12.7 Å². The first kappa shape index (κ1) is 15.5. The second-order valence-corrected chi connectivity index (χ2v) is 6.41. The predicted octanol–water partition coefficient (Wildman–Crippen LogP) is 5.05. The lowest BCUT2D eigenvalue weighted by Gasteiger charge is -2.27. The average molecular weight is 326 g/mol. The van der Waals surface area contributed by atoms with Crippen LogP contribution >= 0.6 is 0 Å². The smallest absolute Gasteiger partial charge is 0.0910 e. The van der Waals surface area contributed by atoms with Crippen LogP contribution in [0, 0.1) is 0 Å². The molecule has 1 fully saturated rings. The molecule has 124 valence electrons. The third-order valence-corrected chi connectivity index (χ3v) is 4.85. The summed E-state index contributed by atoms with van der Waals surface area (Å²) in [5.74, 6) is 0. The largest absolute Gasteiger partial charge is 0.351 e. The number of benzene rings is 3. The van der Waals surface area contributed by atoms with Crippen molar-refractivity contribution in [2.24, 2.45) is 0 Å². The first-order chi connectivity index (χ1) is 12.3. The van der Waals surface area contributed by atoms with Gasteiger partial charge in [0.15, 0.2) is 0 Å². The van der Waals surface area contributed by atoms with E-state index in [9.17, 15) is 0 Å². The lowest BCUT2D eigenvalue weighted by atomic mass is 9.99. The minimum Gasteiger partial charge on any atom is -0.351 e. The highest BCUT2D eigenvalue weighted by Gasteiger charge is 2.32. The van der Waals surface area contributed by atoms with E-state index in [0.29, 0.717) is 0 Å². The first-order valence-corrected chi connectivity index (χ1v) is 8.69. The number of para-hydroxylation sites is 2. The van der Waals surface area contributed by atoms with Gasteiger partial charge >= 0.3 is 0 Å². The van der Waals surface area contributed by atoms with E-state index in [2.05, 4.69) is 107 Å². The predicted molar refractivity (Wildman–Crippen MR) is 107 cm³/mol. The molecule has 1 heterocycles. The summed E-state index contributed by atoms with van der Waals surface area (Å²) in [4.78, 5) is 4.87. The zero-order valence-corrected chi connectivity index (χ0v) is 14.3. The van der Waals surface area contributed by atoms with Gasteiger partial charge in [-0.2, -0.15) is 0 Å². The summed E-state index contributed by atoms with van der Waals surface area (Å²) in [6.07, 6.45) is 0. The fraction of sp³-hybridized carbons (Fsp3) is 0.130. The molecular weight excluding hydrogens is 304 g/mol. The highest BCUT2D eigenvalue weighted by Crippen LogP contribution is 2.32. The minimum absolute atomic E-state index is 0.255. The zero-order valence-electron chi connectivity index (χ0n) is 14.3. The van der Waals surface area contributed by atoms with Gasteiger partial charge in [-0.25, -0.2) is 0 Å². The normalized spacial score (nSPS) is 16.9. The first-order valence-electron chi connectivity index (χ1n) is 8.69. The Bertz CT molecular complexity index is 828. The third kappa shape index (κ3) is 3.16. The molecule has 0 bridgehead atoms. The Morgan fingerprint density at radius 2 is 1.24 bits per heavy atom. The Balaban J connectivity index is 1.68. The van der Waals surface area contributed by atoms with Crippen molar-refractivity contribution < 1.29 is 0 Å². The highest BCUT2D eigenvalue weighted by atomic mass is 15.4. The van der Waals surface area contributed by atoms with E-state index in [1.165, 1.54) is 22.5 Å². The maximum atomic E-state index is 4.44. The van der Waals surface area contributed by atoms with Crippen LogP contribution < -0.4 is 9.80 Å². The van der Waals surface area contributed by atoms with Gasteiger partial charge in [0.1, 0.15) is 0 Å². The topological polar surface area (TPSA) is 6.48 Å². The van der Waals surface area contributed by atoms with Crippen molar-refractivity contribution in [3.05, 3.63) is 103 Å². The molecule has 2 nitrogen and oxygen atoms in total. The number of anilines is 2. The third-order valence-electron chi connectivity index (χ3n) is 4.85. The molecule has 0 radical (unpaired) electrons. The van der Waals surface area contributed by atoms with Crippen molar-refractivity contribution in [3.8, 4) is 0 Å². The van der Waals surface area contributed by atoms with E-state index >= 15 is 0 Å². The van der Waals surface area contributed by atoms with Gasteiger partial charge in [0.2, 0.25) is 0 Å². The Labute approximate surface area is 149 Å². The fourth-order valence-corrected chi connectivity index (χ4v) is 3.50. The van der Waals surface area contributed by atoms with Gasteiger partial charge in [-0.05, 0) is 35.4 Å². The minimum atomic E-state index is 0.255. The van der Waals surface area contributed by atoms with Gasteiger partial charge in [0.25, 0.3) is 0 Å². The molecule has 0 amide bonds. The van der Waals surface area contributed by atoms with E-state index in [-0.39, 0.29) is 6.04 Å². The van der Waals surface area contributed by atoms with Crippen LogP contribution in [0.4, 0.5) is 11.4 Å². The molecule has 0 spiro atoms. The molecule has 25 heavy (non-hydrogen) atoms. The lowest BCUT2D eigenvalue weighted by Crippen LogP contribution is -2.31. The van der Waals surface area contributed by atoms with Crippen LogP contribution in [0.5, 0.6) is 0 Å². The molecule has 1 atom stereocenters. The van der Waals surface area contributed by atoms with E-state index in [4.69, 9.17) is 0 Å². The summed E-state index contributed by atoms with van der Waals surface area (Å²) < 4.78 is 0. The van der Waals surface area contributed by atoms with Gasteiger partial charge in [-0.15, -0.1) is 0 Å². The Hall–Kier alpha value is -3.00. The van der Waals surface area contributed by atoms with Crippen LogP contribution in [0.3, 0.4) is 0 Å². The SMILES string of the molecule is C=C(c1ccccc1)C1CN(c2ccccc2)CN1c1ccccc1. The number of hydrogen-bond acceptors (Lipinski definition) is 2. The van der Waals surface area contributed by atoms with Crippen LogP contribution in [0.2, 0.25) is 0 Å². The molecule has 0 aromatic heterocycles. The Kier molecular flexibility index (Phi) is 4.26. The quantitative estimate of drug-likeness (QED) is 0.662. The summed E-state index contributed by atoms with van der Waals surface area (Å²) in [6, 6.07) is 32.0. The molecule has 3 aromatic rings. The summed E-state index contributed by atoms with van der Waals surface area (Å²) in [5, 5.41) is 0. The van der Waals surface area contributed by atoms with Crippen LogP contribution in [0.15, 0.2) is 97.6 Å². The lowest BCUT2D eigenvalue weighted by molar-refractivity contribution is 0.869. The summed E-state index contributed by atoms with van der Waals surface area (Å²) >= 11 is 0. The second-order valence-electron chi connectivity index (χ2n) is 6.41. The molecule has 1 aliphatic rings. The number of rotatable bonds is 4. The monoisotopic (exact) mass is 326 g/mol. The van der Waals surface area contributed by atoms with Crippen LogP contribution in [-0.4, -0.2) is 19.3 Å². The zero-order chi connectivity index (χ0) is 17.1. The van der Waals surface area contributed by atoms with Gasteiger partial charge < -0.3 is 9.80 Å². The molecular formula is C23H22N2. The fourth-order valence-electron chi connectivity index (χ4n) is 3.50. The van der Waals surface area contributed by atoms with E-state index in [1.54, 1.807) is 0 Å². The number of nitrogens with zero attached hydrogens (tertiary/aromatic N) is 2. The van der Waals surface area contributed by atoms with Crippen molar-refractivity contribution >= 4 is 16.9 Å². The maximum absolute atomic E-state index is 4.44. The van der Waals surface area contributed by atoms with Crippen molar-refractivity contribution in [3.63, 3.8) is 0 Å². The van der Waals surface area contributed by atoms with Gasteiger partial charge in [0, 0.05) is 17.9 Å². The molecule has 0 aliphatic carbocycles. The molecule has 3 aromatic carbocycles. The van der Waals surface area contributed by atoms with Crippen molar-refractivity contribution in [2.45, 2.75) is 6.04 Å². The molecule has 4 rings (SSSR count). The second kappa shape index (κ2) is 6.86. The summed E-state index contributed by atoms with van der Waals surface area (Å²) in [6.45, 7) is 6.25. The van der Waals surface area contributed by atoms with Crippen LogP contribution in [0.1, 0.15) is 5.56 Å². The molecule has 0 N–H and O–H groups in total. The molecule has 1 unspecified atom stereocenters. The maximum Gasteiger partial charge on any atom is 0.0910 e. The van der Waals surface area contributed by atoms with E-state index < -0.39 is 0 Å². The highest BCUT2D eigenvalue weighted by molar-refractivity contribution is 5.74. The molecule has 1 aliphatic heterocycles. The average Bonchev–Trinajstić information content (AvgIpc) is 3.15. The van der Waals surface area contributed by atoms with Crippen LogP contribution in [-0.2, 0) is 0 Å². The standard InChI is InChI=1S/C23H22N2/c1-19(20-11-5-2-6-12-20)23-17-24(21-13-7-3-8-14-21)18-25(23)22-15-9-4-10-16-22/h2-16,23H,1,17-18H2. The van der Waals surface area contributed by atoms with Crippen molar-refractivity contribution in [1.82, 2.24) is 0 Å². The van der Waals surface area contributed by atoms with E-state index in [0.717, 1.165) is 13.2 Å². The summed E-state index contributed by atoms with van der Waals surface area (Å²) in [7, 11) is 0. The van der Waals surface area contributed by atoms with Gasteiger partial charge in [-0.1, -0.05) is 73.3 Å². The molecule has 1 saturated heterocycles. The van der Waals surface area contributed by atoms with Crippen molar-refractivity contribution in [1.29, 1.82) is 0 Å². The van der Waals surface area contributed by atoms with Crippen molar-refractivity contribution in [2.75, 3.05) is 23.0 Å². The number of hydrogen-bond donors (Lipinski definition) is 0. The Morgan fingerprint density at radius 3 is 1.84 bits per heavy atom. The van der Waals surface area contributed by atoms with E-state index in [1.807, 2.05) is 0 Å². The van der Waals surface area contributed by atoms with Crippen LogP contribution in [0.25, 0.3) is 5.57 Å².